The van der Waals surface area contributed by atoms with Gasteiger partial charge in [-0.3, -0.25) is 0 Å². The highest BCUT2D eigenvalue weighted by molar-refractivity contribution is 14.0. The van der Waals surface area contributed by atoms with E-state index in [0.29, 0.717) is 18.5 Å². The number of rotatable bonds is 4. The molecule has 0 heterocycles. The molecule has 118 valence electrons. The van der Waals surface area contributed by atoms with Crippen LogP contribution in [0.5, 0.6) is 0 Å². The molecule has 0 aromatic heterocycles. The maximum atomic E-state index is 13.3. The fraction of sp³-hybridized carbons (Fsp3) is 0.533. The van der Waals surface area contributed by atoms with Crippen molar-refractivity contribution in [3.8, 4) is 0 Å². The molecule has 3 N–H and O–H groups in total. The van der Waals surface area contributed by atoms with Crippen molar-refractivity contribution in [3.63, 3.8) is 0 Å². The summed E-state index contributed by atoms with van der Waals surface area (Å²) in [5.41, 5.74) is 6.80. The number of nitrogens with one attached hydrogen (secondary N) is 1. The minimum atomic E-state index is -0.230. The standard InChI is InChI=1S/C15H22FN3S.HI/c1-20-14-8-7-12(16)9-11(14)10-18-15(17)19-13-5-3-2-4-6-13;/h7-9,13H,2-6,10H2,1H3,(H3,17,18,19);1H. The Morgan fingerprint density at radius 1 is 1.38 bits per heavy atom. The highest BCUT2D eigenvalue weighted by Crippen LogP contribution is 2.22. The minimum Gasteiger partial charge on any atom is -0.370 e. The molecule has 0 saturated heterocycles. The average Bonchev–Trinajstić information content (AvgIpc) is 2.46. The van der Waals surface area contributed by atoms with Gasteiger partial charge in [-0.05, 0) is 42.9 Å². The second-order valence-corrected chi connectivity index (χ2v) is 5.98. The van der Waals surface area contributed by atoms with Crippen LogP contribution in [0, 0.1) is 5.82 Å². The molecule has 0 atom stereocenters. The van der Waals surface area contributed by atoms with E-state index in [1.165, 1.54) is 31.4 Å². The van der Waals surface area contributed by atoms with Crippen LogP contribution in [0.2, 0.25) is 0 Å². The van der Waals surface area contributed by atoms with Crippen molar-refractivity contribution in [1.82, 2.24) is 5.32 Å². The second-order valence-electron chi connectivity index (χ2n) is 5.14. The first kappa shape index (κ1) is 18.5. The zero-order chi connectivity index (χ0) is 14.4. The van der Waals surface area contributed by atoms with E-state index in [9.17, 15) is 4.39 Å². The summed E-state index contributed by atoms with van der Waals surface area (Å²) in [6.45, 7) is 0.416. The van der Waals surface area contributed by atoms with Gasteiger partial charge in [0.05, 0.1) is 6.54 Å². The van der Waals surface area contributed by atoms with Crippen LogP contribution in [0.4, 0.5) is 4.39 Å². The predicted molar refractivity (Wildman–Crippen MR) is 98.9 cm³/mol. The second kappa shape index (κ2) is 9.50. The Labute approximate surface area is 147 Å². The lowest BCUT2D eigenvalue weighted by Gasteiger charge is -2.23. The molecule has 0 amide bonds. The molecule has 1 saturated carbocycles. The first-order valence-corrected chi connectivity index (χ1v) is 8.30. The van der Waals surface area contributed by atoms with E-state index in [0.717, 1.165) is 23.3 Å². The molecule has 6 heteroatoms. The lowest BCUT2D eigenvalue weighted by Crippen LogP contribution is -2.41. The number of thioether (sulfide) groups is 1. The Hall–Kier alpha value is -0.500. The van der Waals surface area contributed by atoms with Crippen molar-refractivity contribution in [2.75, 3.05) is 6.26 Å². The SMILES string of the molecule is CSc1ccc(F)cc1CN=C(N)NC1CCCCC1.I. The number of hydrogen-bond acceptors (Lipinski definition) is 2. The lowest BCUT2D eigenvalue weighted by atomic mass is 9.96. The molecule has 0 spiro atoms. The van der Waals surface area contributed by atoms with Crippen molar-refractivity contribution in [2.45, 2.75) is 49.6 Å². The lowest BCUT2D eigenvalue weighted by molar-refractivity contribution is 0.412. The summed E-state index contributed by atoms with van der Waals surface area (Å²) in [6.07, 6.45) is 8.12. The molecular formula is C15H23FIN3S. The van der Waals surface area contributed by atoms with Gasteiger partial charge in [0.1, 0.15) is 5.82 Å². The summed E-state index contributed by atoms with van der Waals surface area (Å²) in [4.78, 5) is 5.38. The van der Waals surface area contributed by atoms with Crippen LogP contribution in [-0.4, -0.2) is 18.3 Å². The van der Waals surface area contributed by atoms with Crippen molar-refractivity contribution in [3.05, 3.63) is 29.6 Å². The Morgan fingerprint density at radius 3 is 2.76 bits per heavy atom. The van der Waals surface area contributed by atoms with Gasteiger partial charge in [-0.15, -0.1) is 35.7 Å². The average molecular weight is 423 g/mol. The maximum Gasteiger partial charge on any atom is 0.189 e. The summed E-state index contributed by atoms with van der Waals surface area (Å²) in [7, 11) is 0. The van der Waals surface area contributed by atoms with Gasteiger partial charge in [-0.25, -0.2) is 9.38 Å². The number of benzene rings is 1. The van der Waals surface area contributed by atoms with E-state index in [1.54, 1.807) is 17.8 Å². The molecule has 3 nitrogen and oxygen atoms in total. The van der Waals surface area contributed by atoms with Gasteiger partial charge in [-0.1, -0.05) is 19.3 Å². The quantitative estimate of drug-likeness (QED) is 0.334. The highest BCUT2D eigenvalue weighted by Gasteiger charge is 2.13. The molecule has 1 aromatic rings. The molecule has 1 aliphatic carbocycles. The summed E-state index contributed by atoms with van der Waals surface area (Å²) < 4.78 is 13.3. The Bertz CT molecular complexity index is 476. The zero-order valence-corrected chi connectivity index (χ0v) is 15.4. The van der Waals surface area contributed by atoms with Gasteiger partial charge in [0.2, 0.25) is 0 Å². The number of nitrogens with zero attached hydrogens (tertiary/aromatic N) is 1. The van der Waals surface area contributed by atoms with Crippen LogP contribution in [0.15, 0.2) is 28.1 Å². The van der Waals surface area contributed by atoms with Crippen LogP contribution in [0.1, 0.15) is 37.7 Å². The number of hydrogen-bond donors (Lipinski definition) is 2. The molecule has 2 rings (SSSR count). The zero-order valence-electron chi connectivity index (χ0n) is 12.3. The minimum absolute atomic E-state index is 0. The summed E-state index contributed by atoms with van der Waals surface area (Å²) >= 11 is 1.59. The fourth-order valence-corrected chi connectivity index (χ4v) is 3.13. The molecule has 1 fully saturated rings. The van der Waals surface area contributed by atoms with E-state index in [1.807, 2.05) is 6.26 Å². The molecule has 0 radical (unpaired) electrons. The Balaban J connectivity index is 0.00000220. The molecule has 0 unspecified atom stereocenters. The molecular weight excluding hydrogens is 400 g/mol. The van der Waals surface area contributed by atoms with Gasteiger partial charge in [0.25, 0.3) is 0 Å². The fourth-order valence-electron chi connectivity index (χ4n) is 2.54. The number of aliphatic imine (C=N–C) groups is 1. The topological polar surface area (TPSA) is 50.4 Å². The molecule has 0 aliphatic heterocycles. The van der Waals surface area contributed by atoms with E-state index >= 15 is 0 Å². The molecule has 0 bridgehead atoms. The Kier molecular flexibility index (Phi) is 8.39. The maximum absolute atomic E-state index is 13.3. The summed E-state index contributed by atoms with van der Waals surface area (Å²) in [5.74, 6) is 0.236. The van der Waals surface area contributed by atoms with Crippen molar-refractivity contribution in [2.24, 2.45) is 10.7 Å². The van der Waals surface area contributed by atoms with Crippen LogP contribution in [0.25, 0.3) is 0 Å². The van der Waals surface area contributed by atoms with Gasteiger partial charge in [0.15, 0.2) is 5.96 Å². The van der Waals surface area contributed by atoms with Gasteiger partial charge in [0, 0.05) is 10.9 Å². The van der Waals surface area contributed by atoms with Gasteiger partial charge < -0.3 is 11.1 Å². The number of halogens is 2. The summed E-state index contributed by atoms with van der Waals surface area (Å²) in [5, 5.41) is 3.27. The van der Waals surface area contributed by atoms with Crippen LogP contribution < -0.4 is 11.1 Å². The molecule has 1 aromatic carbocycles. The third-order valence-corrected chi connectivity index (χ3v) is 4.46. The van der Waals surface area contributed by atoms with Crippen LogP contribution in [-0.2, 0) is 6.54 Å². The van der Waals surface area contributed by atoms with Crippen LogP contribution in [0.3, 0.4) is 0 Å². The van der Waals surface area contributed by atoms with Crippen molar-refractivity contribution >= 4 is 41.7 Å². The third-order valence-electron chi connectivity index (χ3n) is 3.62. The smallest absolute Gasteiger partial charge is 0.189 e. The summed E-state index contributed by atoms with van der Waals surface area (Å²) in [6, 6.07) is 5.24. The van der Waals surface area contributed by atoms with E-state index in [2.05, 4.69) is 10.3 Å². The third kappa shape index (κ3) is 6.02. The van der Waals surface area contributed by atoms with Crippen molar-refractivity contribution < 1.29 is 4.39 Å². The van der Waals surface area contributed by atoms with E-state index in [4.69, 9.17) is 5.73 Å². The molecule has 1 aliphatic rings. The number of guanidine groups is 1. The number of nitrogens with two attached hydrogens (primary N) is 1. The van der Waals surface area contributed by atoms with E-state index < -0.39 is 0 Å². The van der Waals surface area contributed by atoms with E-state index in [-0.39, 0.29) is 29.8 Å². The van der Waals surface area contributed by atoms with Crippen molar-refractivity contribution in [1.29, 1.82) is 0 Å². The normalized spacial score (nSPS) is 16.4. The van der Waals surface area contributed by atoms with Crippen LogP contribution >= 0.6 is 35.7 Å². The predicted octanol–water partition coefficient (Wildman–Crippen LogP) is 3.90. The monoisotopic (exact) mass is 423 g/mol. The largest absolute Gasteiger partial charge is 0.370 e. The first-order chi connectivity index (χ1) is 9.69. The molecule has 21 heavy (non-hydrogen) atoms. The first-order valence-electron chi connectivity index (χ1n) is 7.08. The van der Waals surface area contributed by atoms with Gasteiger partial charge >= 0.3 is 0 Å². The van der Waals surface area contributed by atoms with Gasteiger partial charge in [-0.2, -0.15) is 0 Å². The highest BCUT2D eigenvalue weighted by atomic mass is 127. The Morgan fingerprint density at radius 2 is 2.10 bits per heavy atom.